The van der Waals surface area contributed by atoms with E-state index in [-0.39, 0.29) is 18.0 Å². The summed E-state index contributed by atoms with van der Waals surface area (Å²) in [6, 6.07) is 12.5. The highest BCUT2D eigenvalue weighted by molar-refractivity contribution is 5.95. The quantitative estimate of drug-likeness (QED) is 0.705. The van der Waals surface area contributed by atoms with E-state index in [4.69, 9.17) is 4.74 Å². The third kappa shape index (κ3) is 6.46. The van der Waals surface area contributed by atoms with Gasteiger partial charge in [0, 0.05) is 26.7 Å². The van der Waals surface area contributed by atoms with Crippen molar-refractivity contribution in [2.45, 2.75) is 6.92 Å². The first-order valence-electron chi connectivity index (χ1n) is 7.96. The molecule has 0 bridgehead atoms. The van der Waals surface area contributed by atoms with E-state index < -0.39 is 11.7 Å². The molecule has 0 aliphatic carbocycles. The molecular weight excluding hydrogens is 343 g/mol. The summed E-state index contributed by atoms with van der Waals surface area (Å²) >= 11 is 0. The molecule has 0 radical (unpaired) electrons. The summed E-state index contributed by atoms with van der Waals surface area (Å²) in [6.07, 6.45) is 0. The largest absolute Gasteiger partial charge is 0.383 e. The van der Waals surface area contributed by atoms with Crippen LogP contribution in [-0.4, -0.2) is 39.3 Å². The van der Waals surface area contributed by atoms with Gasteiger partial charge in [-0.1, -0.05) is 35.9 Å². The van der Waals surface area contributed by atoms with Crippen LogP contribution in [0.4, 0.5) is 4.39 Å². The normalized spacial score (nSPS) is 10.2. The number of aryl methyl sites for hydroxylation is 1. The minimum Gasteiger partial charge on any atom is -0.383 e. The lowest BCUT2D eigenvalue weighted by Gasteiger charge is -2.09. The van der Waals surface area contributed by atoms with Crippen LogP contribution >= 0.6 is 12.4 Å². The third-order valence-electron chi connectivity index (χ3n) is 3.67. The van der Waals surface area contributed by atoms with Crippen molar-refractivity contribution in [1.82, 2.24) is 10.6 Å². The second kappa shape index (κ2) is 10.8. The van der Waals surface area contributed by atoms with Crippen LogP contribution in [0.25, 0.3) is 11.1 Å². The minimum absolute atomic E-state index is 0. The molecule has 2 aromatic rings. The van der Waals surface area contributed by atoms with Crippen molar-refractivity contribution in [3.8, 4) is 11.1 Å². The number of hydrogen-bond donors (Lipinski definition) is 2. The van der Waals surface area contributed by atoms with E-state index in [0.29, 0.717) is 26.2 Å². The van der Waals surface area contributed by atoms with Crippen molar-refractivity contribution < 1.29 is 13.9 Å². The topological polar surface area (TPSA) is 50.4 Å². The lowest BCUT2D eigenvalue weighted by Crippen LogP contribution is -2.33. The Balaban J connectivity index is 0.00000312. The smallest absolute Gasteiger partial charge is 0.254 e. The second-order valence-electron chi connectivity index (χ2n) is 5.56. The molecule has 0 aliphatic heterocycles. The average molecular weight is 367 g/mol. The van der Waals surface area contributed by atoms with Gasteiger partial charge in [0.2, 0.25) is 0 Å². The van der Waals surface area contributed by atoms with Gasteiger partial charge in [-0.2, -0.15) is 0 Å². The fourth-order valence-corrected chi connectivity index (χ4v) is 2.28. The molecule has 2 aromatic carbocycles. The molecule has 136 valence electrons. The van der Waals surface area contributed by atoms with Gasteiger partial charge in [0.25, 0.3) is 5.91 Å². The van der Waals surface area contributed by atoms with Gasteiger partial charge in [-0.05, 0) is 30.2 Å². The Morgan fingerprint density at radius 1 is 1.04 bits per heavy atom. The van der Waals surface area contributed by atoms with E-state index in [1.807, 2.05) is 31.2 Å². The monoisotopic (exact) mass is 366 g/mol. The van der Waals surface area contributed by atoms with Crippen molar-refractivity contribution >= 4 is 18.3 Å². The minimum atomic E-state index is -0.516. The Labute approximate surface area is 154 Å². The number of benzene rings is 2. The van der Waals surface area contributed by atoms with E-state index in [2.05, 4.69) is 10.6 Å². The summed E-state index contributed by atoms with van der Waals surface area (Å²) in [7, 11) is 1.63. The van der Waals surface area contributed by atoms with Crippen LogP contribution < -0.4 is 10.6 Å². The van der Waals surface area contributed by atoms with Crippen molar-refractivity contribution in [2.24, 2.45) is 0 Å². The Hall–Kier alpha value is -1.95. The predicted octanol–water partition coefficient (Wildman–Crippen LogP) is 3.19. The molecule has 2 rings (SSSR count). The summed E-state index contributed by atoms with van der Waals surface area (Å²) in [5.41, 5.74) is 2.89. The van der Waals surface area contributed by atoms with Crippen LogP contribution in [-0.2, 0) is 4.74 Å². The zero-order valence-electron chi connectivity index (χ0n) is 14.5. The van der Waals surface area contributed by atoms with Gasteiger partial charge >= 0.3 is 0 Å². The number of carbonyl (C=O) groups excluding carboxylic acids is 1. The first kappa shape index (κ1) is 21.1. The first-order valence-corrected chi connectivity index (χ1v) is 7.96. The molecule has 6 heteroatoms. The molecule has 1 amide bonds. The Bertz CT molecular complexity index is 678. The van der Waals surface area contributed by atoms with Crippen LogP contribution in [0, 0.1) is 12.7 Å². The molecule has 0 saturated heterocycles. The van der Waals surface area contributed by atoms with Crippen molar-refractivity contribution in [3.05, 3.63) is 59.4 Å². The van der Waals surface area contributed by atoms with Gasteiger partial charge in [0.05, 0.1) is 12.2 Å². The standard InChI is InChI=1S/C19H23FN2O2.ClH/c1-14-3-5-15(6-4-14)16-7-8-17(18(20)13-16)19(23)22-10-9-21-11-12-24-2;/h3-8,13,21H,9-12H2,1-2H3,(H,22,23);1H. The Morgan fingerprint density at radius 2 is 1.72 bits per heavy atom. The van der Waals surface area contributed by atoms with Gasteiger partial charge in [0.1, 0.15) is 5.82 Å². The number of rotatable bonds is 8. The zero-order chi connectivity index (χ0) is 17.4. The van der Waals surface area contributed by atoms with Crippen LogP contribution in [0.2, 0.25) is 0 Å². The van der Waals surface area contributed by atoms with Crippen molar-refractivity contribution in [1.29, 1.82) is 0 Å². The Morgan fingerprint density at radius 3 is 2.36 bits per heavy atom. The van der Waals surface area contributed by atoms with Gasteiger partial charge < -0.3 is 15.4 Å². The highest BCUT2D eigenvalue weighted by Gasteiger charge is 2.12. The molecule has 0 atom stereocenters. The van der Waals surface area contributed by atoms with Crippen LogP contribution in [0.1, 0.15) is 15.9 Å². The fraction of sp³-hybridized carbons (Fsp3) is 0.316. The van der Waals surface area contributed by atoms with E-state index >= 15 is 0 Å². The number of nitrogens with one attached hydrogen (secondary N) is 2. The van der Waals surface area contributed by atoms with Gasteiger partial charge in [-0.15, -0.1) is 12.4 Å². The molecule has 0 heterocycles. The van der Waals surface area contributed by atoms with Gasteiger partial charge in [-0.3, -0.25) is 4.79 Å². The average Bonchev–Trinajstić information content (AvgIpc) is 2.58. The first-order chi connectivity index (χ1) is 11.6. The van der Waals surface area contributed by atoms with Crippen LogP contribution in [0.15, 0.2) is 42.5 Å². The number of halogens is 2. The highest BCUT2D eigenvalue weighted by Crippen LogP contribution is 2.22. The molecule has 2 N–H and O–H groups in total. The van der Waals surface area contributed by atoms with E-state index in [9.17, 15) is 9.18 Å². The predicted molar refractivity (Wildman–Crippen MR) is 101 cm³/mol. The summed E-state index contributed by atoms with van der Waals surface area (Å²) in [5, 5.41) is 5.81. The third-order valence-corrected chi connectivity index (χ3v) is 3.67. The maximum atomic E-state index is 14.2. The van der Waals surface area contributed by atoms with Gasteiger partial charge in [0.15, 0.2) is 0 Å². The summed E-state index contributed by atoms with van der Waals surface area (Å²) in [6.45, 7) is 4.37. The maximum Gasteiger partial charge on any atom is 0.254 e. The molecule has 0 unspecified atom stereocenters. The molecule has 0 aromatic heterocycles. The molecule has 0 fully saturated rings. The van der Waals surface area contributed by atoms with E-state index in [1.54, 1.807) is 13.2 Å². The molecule has 4 nitrogen and oxygen atoms in total. The molecule has 25 heavy (non-hydrogen) atoms. The van der Waals surface area contributed by atoms with Crippen LogP contribution in [0.3, 0.4) is 0 Å². The molecule has 0 aliphatic rings. The van der Waals surface area contributed by atoms with E-state index in [1.165, 1.54) is 12.1 Å². The fourth-order valence-electron chi connectivity index (χ4n) is 2.28. The lowest BCUT2D eigenvalue weighted by atomic mass is 10.0. The lowest BCUT2D eigenvalue weighted by molar-refractivity contribution is 0.0949. The number of methoxy groups -OCH3 is 1. The highest BCUT2D eigenvalue weighted by atomic mass is 35.5. The SMILES string of the molecule is COCCNCCNC(=O)c1ccc(-c2ccc(C)cc2)cc1F.Cl. The second-order valence-corrected chi connectivity index (χ2v) is 5.56. The van der Waals surface area contributed by atoms with Crippen molar-refractivity contribution in [3.63, 3.8) is 0 Å². The summed E-state index contributed by atoms with van der Waals surface area (Å²) < 4.78 is 19.2. The van der Waals surface area contributed by atoms with Gasteiger partial charge in [-0.25, -0.2) is 4.39 Å². The maximum absolute atomic E-state index is 14.2. The number of hydrogen-bond acceptors (Lipinski definition) is 3. The number of ether oxygens (including phenoxy) is 1. The van der Waals surface area contributed by atoms with E-state index in [0.717, 1.165) is 16.7 Å². The Kier molecular flexibility index (Phi) is 9.13. The molecule has 0 saturated carbocycles. The molecule has 0 spiro atoms. The number of carbonyl (C=O) groups is 1. The van der Waals surface area contributed by atoms with Crippen molar-refractivity contribution in [2.75, 3.05) is 33.4 Å². The summed E-state index contributed by atoms with van der Waals surface area (Å²) in [5.74, 6) is -0.922. The zero-order valence-corrected chi connectivity index (χ0v) is 15.3. The van der Waals surface area contributed by atoms with Crippen LogP contribution in [0.5, 0.6) is 0 Å². The summed E-state index contributed by atoms with van der Waals surface area (Å²) in [4.78, 5) is 12.0. The number of amides is 1. The molecular formula is C19H24ClFN2O2.